The molecule has 2 rings (SSSR count). The summed E-state index contributed by atoms with van der Waals surface area (Å²) in [6.07, 6.45) is -3.93. The van der Waals surface area contributed by atoms with Gasteiger partial charge < -0.3 is 5.32 Å². The molecule has 0 aromatic carbocycles. The fraction of sp³-hybridized carbons (Fsp3) is 0.533. The Morgan fingerprint density at radius 3 is 2.48 bits per heavy atom. The molecule has 0 saturated heterocycles. The van der Waals surface area contributed by atoms with Crippen LogP contribution in [0, 0.1) is 6.92 Å². The Morgan fingerprint density at radius 1 is 1.30 bits per heavy atom. The van der Waals surface area contributed by atoms with Crippen LogP contribution in [0.3, 0.4) is 0 Å². The smallest absolute Gasteiger partial charge is 0.283 e. The maximum Gasteiger partial charge on any atom is 0.283 e. The second-order valence-electron chi connectivity index (χ2n) is 5.78. The molecule has 0 saturated carbocycles. The van der Waals surface area contributed by atoms with Gasteiger partial charge in [0.1, 0.15) is 17.4 Å². The molecule has 27 heavy (non-hydrogen) atoms. The van der Waals surface area contributed by atoms with E-state index in [-0.39, 0.29) is 6.54 Å². The van der Waals surface area contributed by atoms with Gasteiger partial charge in [0.2, 0.25) is 5.91 Å². The number of rotatable bonds is 8. The Hall–Kier alpha value is -1.62. The lowest BCUT2D eigenvalue weighted by Gasteiger charge is -2.15. The minimum Gasteiger partial charge on any atom is -0.354 e. The van der Waals surface area contributed by atoms with Crippen LogP contribution in [0.4, 0.5) is 17.6 Å². The van der Waals surface area contributed by atoms with Crippen molar-refractivity contribution >= 4 is 33.4 Å². The van der Waals surface area contributed by atoms with Gasteiger partial charge >= 0.3 is 0 Å². The van der Waals surface area contributed by atoms with E-state index in [4.69, 9.17) is 11.6 Å². The lowest BCUT2D eigenvalue weighted by atomic mass is 10.3. The molecule has 150 valence electrons. The maximum absolute atomic E-state index is 13.2. The predicted octanol–water partition coefficient (Wildman–Crippen LogP) is 4.45. The van der Waals surface area contributed by atoms with Gasteiger partial charge in [0, 0.05) is 19.3 Å². The molecule has 0 aliphatic carbocycles. The highest BCUT2D eigenvalue weighted by molar-refractivity contribution is 9.10. The molecule has 0 radical (unpaired) electrons. The summed E-state index contributed by atoms with van der Waals surface area (Å²) in [6.45, 7) is 3.91. The predicted molar refractivity (Wildman–Crippen MR) is 94.2 cm³/mol. The summed E-state index contributed by atoms with van der Waals surface area (Å²) in [5.74, 6) is -0.630. The summed E-state index contributed by atoms with van der Waals surface area (Å²) >= 11 is 8.93. The number of aryl methyl sites for hydroxylation is 2. The van der Waals surface area contributed by atoms with E-state index in [9.17, 15) is 22.4 Å². The van der Waals surface area contributed by atoms with Crippen molar-refractivity contribution in [3.8, 4) is 0 Å². The third-order valence-corrected chi connectivity index (χ3v) is 4.99. The average molecular weight is 475 g/mol. The average Bonchev–Trinajstić information content (AvgIpc) is 3.10. The highest BCUT2D eigenvalue weighted by atomic mass is 79.9. The summed E-state index contributed by atoms with van der Waals surface area (Å²) in [7, 11) is 0. The number of carbonyl (C=O) groups excluding carboxylic acids is 1. The van der Waals surface area contributed by atoms with Crippen molar-refractivity contribution < 1.29 is 22.4 Å². The van der Waals surface area contributed by atoms with Gasteiger partial charge in [-0.15, -0.1) is 0 Å². The molecule has 1 amide bonds. The van der Waals surface area contributed by atoms with Gasteiger partial charge in [-0.05, 0) is 36.2 Å². The van der Waals surface area contributed by atoms with E-state index in [1.165, 1.54) is 6.92 Å². The quantitative estimate of drug-likeness (QED) is 0.454. The van der Waals surface area contributed by atoms with E-state index in [0.29, 0.717) is 17.6 Å². The van der Waals surface area contributed by atoms with Crippen LogP contribution in [0.5, 0.6) is 0 Å². The van der Waals surface area contributed by atoms with E-state index in [0.717, 1.165) is 10.2 Å². The van der Waals surface area contributed by atoms with E-state index < -0.39 is 41.2 Å². The Labute approximate surface area is 166 Å². The molecule has 0 aliphatic heterocycles. The molecule has 0 spiro atoms. The zero-order valence-corrected chi connectivity index (χ0v) is 16.7. The van der Waals surface area contributed by atoms with Gasteiger partial charge in [-0.25, -0.2) is 22.2 Å². The van der Waals surface area contributed by atoms with Crippen LogP contribution in [0.1, 0.15) is 49.3 Å². The van der Waals surface area contributed by atoms with Gasteiger partial charge in [0.25, 0.3) is 12.9 Å². The number of nitrogens with one attached hydrogen (secondary N) is 1. The van der Waals surface area contributed by atoms with Crippen molar-refractivity contribution in [1.29, 1.82) is 0 Å². The Bertz CT molecular complexity index is 791. The van der Waals surface area contributed by atoms with Gasteiger partial charge in [-0.1, -0.05) is 11.6 Å². The van der Waals surface area contributed by atoms with Gasteiger partial charge in [-0.3, -0.25) is 9.48 Å². The Morgan fingerprint density at radius 2 is 1.96 bits per heavy atom. The van der Waals surface area contributed by atoms with Gasteiger partial charge in [0.05, 0.1) is 15.2 Å². The molecular formula is C15H17BrClF4N5O. The van der Waals surface area contributed by atoms with Crippen LogP contribution in [-0.4, -0.2) is 32.0 Å². The molecule has 0 fully saturated rings. The summed E-state index contributed by atoms with van der Waals surface area (Å²) < 4.78 is 55.2. The number of alkyl halides is 4. The summed E-state index contributed by atoms with van der Waals surface area (Å²) in [6, 6.07) is -1.22. The van der Waals surface area contributed by atoms with Gasteiger partial charge in [-0.2, -0.15) is 10.2 Å². The number of nitrogens with zero attached hydrogens (tertiary/aromatic N) is 4. The first-order valence-corrected chi connectivity index (χ1v) is 9.11. The minimum atomic E-state index is -3.14. The third-order valence-electron chi connectivity index (χ3n) is 3.82. The Kier molecular flexibility index (Phi) is 7.26. The van der Waals surface area contributed by atoms with Crippen LogP contribution in [0.15, 0.2) is 10.7 Å². The zero-order valence-electron chi connectivity index (χ0n) is 14.4. The molecule has 2 heterocycles. The first-order chi connectivity index (χ1) is 12.6. The van der Waals surface area contributed by atoms with E-state index in [2.05, 4.69) is 31.4 Å². The normalized spacial score (nSPS) is 12.8. The van der Waals surface area contributed by atoms with Crippen LogP contribution >= 0.6 is 27.5 Å². The lowest BCUT2D eigenvalue weighted by molar-refractivity contribution is -0.124. The number of carbonyl (C=O) groups is 1. The molecule has 0 aliphatic rings. The summed E-state index contributed by atoms with van der Waals surface area (Å²) in [4.78, 5) is 12.2. The monoisotopic (exact) mass is 473 g/mol. The van der Waals surface area contributed by atoms with Crippen molar-refractivity contribution in [2.24, 2.45) is 0 Å². The van der Waals surface area contributed by atoms with Crippen LogP contribution in [-0.2, 0) is 11.3 Å². The van der Waals surface area contributed by atoms with Crippen LogP contribution < -0.4 is 5.32 Å². The molecule has 12 heteroatoms. The first-order valence-electron chi connectivity index (χ1n) is 7.94. The second-order valence-corrected chi connectivity index (χ2v) is 7.01. The third kappa shape index (κ3) is 5.01. The number of aromatic nitrogens is 4. The topological polar surface area (TPSA) is 64.7 Å². The highest BCUT2D eigenvalue weighted by Crippen LogP contribution is 2.36. The number of amides is 1. The van der Waals surface area contributed by atoms with Crippen molar-refractivity contribution in [2.75, 3.05) is 6.54 Å². The largest absolute Gasteiger partial charge is 0.354 e. The molecule has 0 bridgehead atoms. The Balaban J connectivity index is 1.99. The van der Waals surface area contributed by atoms with Crippen molar-refractivity contribution in [3.63, 3.8) is 0 Å². The number of hydrogen-bond donors (Lipinski definition) is 1. The fourth-order valence-corrected chi connectivity index (χ4v) is 3.00. The zero-order chi connectivity index (χ0) is 20.3. The maximum atomic E-state index is 13.2. The molecule has 1 unspecified atom stereocenters. The molecule has 1 N–H and O–H groups in total. The van der Waals surface area contributed by atoms with E-state index >= 15 is 0 Å². The molecular weight excluding hydrogens is 458 g/mol. The van der Waals surface area contributed by atoms with Crippen LogP contribution in [0.2, 0.25) is 5.02 Å². The van der Waals surface area contributed by atoms with E-state index in [1.54, 1.807) is 10.9 Å². The van der Waals surface area contributed by atoms with Crippen molar-refractivity contribution in [1.82, 2.24) is 24.9 Å². The minimum absolute atomic E-state index is 0.250. The SMILES string of the molecule is Cc1nn(CCCNC(=O)C(C)n2nc(C(F)F)c(Cl)c2C(F)F)cc1Br. The van der Waals surface area contributed by atoms with E-state index in [1.807, 2.05) is 6.92 Å². The number of hydrogen-bond acceptors (Lipinski definition) is 3. The molecule has 6 nitrogen and oxygen atoms in total. The lowest BCUT2D eigenvalue weighted by Crippen LogP contribution is -2.33. The second kappa shape index (κ2) is 9.05. The van der Waals surface area contributed by atoms with Gasteiger partial charge in [0.15, 0.2) is 0 Å². The van der Waals surface area contributed by atoms with Crippen molar-refractivity contribution in [2.45, 2.75) is 45.7 Å². The molecule has 1 atom stereocenters. The van der Waals surface area contributed by atoms with Crippen molar-refractivity contribution in [3.05, 3.63) is 32.8 Å². The number of halogens is 6. The summed E-state index contributed by atoms with van der Waals surface area (Å²) in [5, 5.41) is 9.41. The fourth-order valence-electron chi connectivity index (χ4n) is 2.40. The van der Waals surface area contributed by atoms with Crippen LogP contribution in [0.25, 0.3) is 0 Å². The first kappa shape index (κ1) is 21.7. The molecule has 2 aromatic rings. The standard InChI is InChI=1S/C15H17BrClF4N5O/c1-7-9(16)6-25(23-7)5-3-4-22-15(27)8(2)26-12(14(20)21)10(17)11(24-26)13(18)19/h6,8,13-14H,3-5H2,1-2H3,(H,22,27). The molecule has 2 aromatic heterocycles. The summed E-state index contributed by atoms with van der Waals surface area (Å²) in [5.41, 5.74) is -1.03. The highest BCUT2D eigenvalue weighted by Gasteiger charge is 2.31.